The largest absolute Gasteiger partial charge is 1.00 e. The first kappa shape index (κ1) is 60.2. The molecule has 9 nitrogen and oxygen atoms in total. The Morgan fingerprint density at radius 1 is 0.308 bits per heavy atom. The maximum absolute atomic E-state index is 3.65. The summed E-state index contributed by atoms with van der Waals surface area (Å²) in [7, 11) is 36.8. The fourth-order valence-electron chi connectivity index (χ4n) is 11.3. The van der Waals surface area contributed by atoms with Crippen LogP contribution in [0.2, 0.25) is 3.72 Å². The number of halogens is 3. The molecule has 14 heteroatoms. The van der Waals surface area contributed by atoms with Crippen LogP contribution in [0.5, 0.6) is 0 Å². The quantitative estimate of drug-likeness (QED) is 0.151. The van der Waals surface area contributed by atoms with Crippen molar-refractivity contribution < 1.29 is 57.7 Å². The van der Waals surface area contributed by atoms with Crippen molar-refractivity contribution in [2.75, 3.05) is 171 Å². The van der Waals surface area contributed by atoms with E-state index in [-0.39, 0.29) is 40.9 Å². The van der Waals surface area contributed by atoms with E-state index in [0.29, 0.717) is 0 Å². The average molecular weight is 1010 g/mol. The normalized spacial score (nSPS) is 14.7. The van der Waals surface area contributed by atoms with Crippen molar-refractivity contribution in [3.63, 3.8) is 0 Å². The summed E-state index contributed by atoms with van der Waals surface area (Å²) in [5.74, 6) is 0. The Morgan fingerprint density at radius 2 is 0.508 bits per heavy atom. The van der Waals surface area contributed by atoms with Crippen LogP contribution >= 0.6 is 0 Å². The first-order valence-electron chi connectivity index (χ1n) is 22.1. The van der Waals surface area contributed by atoms with Gasteiger partial charge in [-0.15, -0.1) is 0 Å². The van der Waals surface area contributed by atoms with Crippen LogP contribution in [0.1, 0.15) is 61.1 Å². The van der Waals surface area contributed by atoms with Gasteiger partial charge in [-0.3, -0.25) is 0 Å². The zero-order chi connectivity index (χ0) is 47.9. The summed E-state index contributed by atoms with van der Waals surface area (Å²) in [5.41, 5.74) is 23.8. The molecule has 0 fully saturated rings. The zero-order valence-electron chi connectivity index (χ0n) is 45.7. The maximum Gasteiger partial charge on any atom is -1.00 e. The predicted molar refractivity (Wildman–Crippen MR) is 281 cm³/mol. The fourth-order valence-corrected chi connectivity index (χ4v) is 20.3. The maximum atomic E-state index is 2.54. The van der Waals surface area contributed by atoms with E-state index >= 15 is 0 Å². The SMILES string of the molecule is CC1=C(C)[C](C)([Ti+3])C([Si](c2c(C)c(C)c(N(C)C)c(N(C)C)c2N(C)C)(c2c(C)c(C)c(N(C)C)c(N(C)C)c2N(C)C)c2c(C)c(C)c(N(C)C)c(N(C)C)c2N(C)C)=C1C.[Cl-].[Cl-].[Cl-]. The summed E-state index contributed by atoms with van der Waals surface area (Å²) in [5, 5.41) is 5.99. The first-order chi connectivity index (χ1) is 28.3. The molecule has 0 spiro atoms. The van der Waals surface area contributed by atoms with Crippen LogP contribution in [0.3, 0.4) is 0 Å². The van der Waals surface area contributed by atoms with Gasteiger partial charge in [-0.1, -0.05) is 0 Å². The molecule has 1 aliphatic carbocycles. The molecule has 3 aromatic carbocycles. The molecule has 1 unspecified atom stereocenters. The molecule has 0 saturated heterocycles. The van der Waals surface area contributed by atoms with Crippen molar-refractivity contribution in [1.29, 1.82) is 0 Å². The van der Waals surface area contributed by atoms with Gasteiger partial charge in [0.1, 0.15) is 0 Å². The van der Waals surface area contributed by atoms with Gasteiger partial charge in [0.2, 0.25) is 0 Å². The summed E-state index contributed by atoms with van der Waals surface area (Å²) in [6, 6.07) is 0. The molecular weight excluding hydrogens is 921 g/mol. The van der Waals surface area contributed by atoms with Gasteiger partial charge < -0.3 is 37.2 Å². The van der Waals surface area contributed by atoms with Gasteiger partial charge in [0.25, 0.3) is 0 Å². The Labute approximate surface area is 428 Å². The van der Waals surface area contributed by atoms with Crippen LogP contribution in [0, 0.1) is 41.5 Å². The van der Waals surface area contributed by atoms with Crippen molar-refractivity contribution in [1.82, 2.24) is 0 Å². The van der Waals surface area contributed by atoms with Gasteiger partial charge in [-0.05, 0) is 0 Å². The summed E-state index contributed by atoms with van der Waals surface area (Å²) in [6.45, 7) is 24.3. The Hall–Kier alpha value is -2.86. The van der Waals surface area contributed by atoms with Gasteiger partial charge in [0.05, 0.1) is 0 Å². The van der Waals surface area contributed by atoms with Gasteiger partial charge in [0.15, 0.2) is 0 Å². The third-order valence-corrected chi connectivity index (χ3v) is 21.3. The van der Waals surface area contributed by atoms with Gasteiger partial charge in [0, 0.05) is 0 Å². The molecule has 0 bridgehead atoms. The molecule has 0 radical (unpaired) electrons. The molecule has 65 heavy (non-hydrogen) atoms. The summed E-state index contributed by atoms with van der Waals surface area (Å²) in [4.78, 5) is 21.5. The number of anilines is 9. The van der Waals surface area contributed by atoms with E-state index in [1.54, 1.807) is 5.20 Å². The van der Waals surface area contributed by atoms with Gasteiger partial charge in [-0.25, -0.2) is 0 Å². The fraction of sp³-hybridized carbons (Fsp3) is 0.569. The second kappa shape index (κ2) is 21.2. The van der Waals surface area contributed by atoms with Crippen LogP contribution in [-0.4, -0.2) is 135 Å². The van der Waals surface area contributed by atoms with Gasteiger partial charge >= 0.3 is 394 Å². The van der Waals surface area contributed by atoms with Crippen molar-refractivity contribution in [2.24, 2.45) is 0 Å². The number of rotatable bonds is 13. The molecule has 0 aromatic heterocycles. The number of nitrogens with zero attached hydrogens (tertiary/aromatic N) is 9. The van der Waals surface area contributed by atoms with E-state index in [0.717, 1.165) is 0 Å². The molecule has 1 aliphatic rings. The Kier molecular flexibility index (Phi) is 19.6. The third kappa shape index (κ3) is 9.12. The second-order valence-corrected chi connectivity index (χ2v) is 25.2. The van der Waals surface area contributed by atoms with Crippen LogP contribution < -0.4 is 96.9 Å². The molecule has 0 saturated carbocycles. The Balaban J connectivity index is 0.00000704. The van der Waals surface area contributed by atoms with Crippen molar-refractivity contribution in [2.45, 2.75) is 73.0 Å². The van der Waals surface area contributed by atoms with Crippen molar-refractivity contribution >= 4 is 74.8 Å². The predicted octanol–water partition coefficient (Wildman–Crippen LogP) is -1.46. The molecule has 362 valence electrons. The van der Waals surface area contributed by atoms with E-state index in [2.05, 4.69) is 261 Å². The molecular formula is C51H84Cl3N9SiTi. The molecule has 0 heterocycles. The molecule has 4 rings (SSSR count). The molecule has 3 aromatic rings. The minimum atomic E-state index is -3.65. The summed E-state index contributed by atoms with van der Waals surface area (Å²) < 4.78 is -0.284. The molecule has 0 aliphatic heterocycles. The third-order valence-electron chi connectivity index (χ3n) is 14.2. The number of hydrogen-bond acceptors (Lipinski definition) is 9. The van der Waals surface area contributed by atoms with Crippen molar-refractivity contribution in [3.05, 3.63) is 55.3 Å². The zero-order valence-corrected chi connectivity index (χ0v) is 50.5. The number of hydrogen-bond donors (Lipinski definition) is 0. The average Bonchev–Trinajstić information content (AvgIpc) is 3.29. The van der Waals surface area contributed by atoms with E-state index in [9.17, 15) is 0 Å². The van der Waals surface area contributed by atoms with Crippen LogP contribution in [0.15, 0.2) is 21.9 Å². The van der Waals surface area contributed by atoms with E-state index < -0.39 is 8.07 Å². The van der Waals surface area contributed by atoms with Crippen molar-refractivity contribution in [3.8, 4) is 0 Å². The summed E-state index contributed by atoms with van der Waals surface area (Å²) in [6.07, 6.45) is 0. The minimum absolute atomic E-state index is 0. The van der Waals surface area contributed by atoms with Gasteiger partial charge in [-0.2, -0.15) is 0 Å². The smallest absolute Gasteiger partial charge is 1.00 e. The number of benzene rings is 3. The van der Waals surface area contributed by atoms with Crippen LogP contribution in [0.4, 0.5) is 51.2 Å². The molecule has 0 N–H and O–H groups in total. The Morgan fingerprint density at radius 3 is 0.662 bits per heavy atom. The molecule has 1 atom stereocenters. The molecule has 0 amide bonds. The monoisotopic (exact) mass is 1000 g/mol. The second-order valence-electron chi connectivity index (χ2n) is 20.2. The van der Waals surface area contributed by atoms with Crippen LogP contribution in [-0.2, 0) is 20.4 Å². The van der Waals surface area contributed by atoms with E-state index in [1.165, 1.54) is 117 Å². The standard InChI is InChI=1S/C51H84N9Si.3ClH.Ti/c1-29-30(2)35(7)48(34(29)6)61(49-36(8)31(3)39(52(11)12)42(55(17)18)45(49)58(23)24,50-37(9)32(4)40(53(13)14)43(56(19)20)46(50)59(25)26)51-38(10)33(5)41(54(15)16)44(57(21)22)47(51)60(27)28;;;;/h1-28H3;3*1H;/q;;;;+3/p-3. The van der Waals surface area contributed by atoms with E-state index in [4.69, 9.17) is 0 Å². The first-order valence-corrected chi connectivity index (χ1v) is 24.8. The van der Waals surface area contributed by atoms with E-state index in [1.807, 2.05) is 0 Å². The Bertz CT molecular complexity index is 2130. The number of allylic oxidation sites excluding steroid dienone is 4. The minimum Gasteiger partial charge on any atom is -1.00 e. The summed E-state index contributed by atoms with van der Waals surface area (Å²) >= 11 is 2.54. The van der Waals surface area contributed by atoms with Crippen LogP contribution in [0.25, 0.3) is 0 Å². The topological polar surface area (TPSA) is 29.2 Å².